The average Bonchev–Trinajstić information content (AvgIpc) is 3.16. The Bertz CT molecular complexity index is 924. The van der Waals surface area contributed by atoms with Crippen LogP contribution in [-0.2, 0) is 6.42 Å². The van der Waals surface area contributed by atoms with Gasteiger partial charge >= 0.3 is 0 Å². The predicted octanol–water partition coefficient (Wildman–Crippen LogP) is 7.15. The molecular weight excluding hydrogens is 336 g/mol. The zero-order valence-corrected chi connectivity index (χ0v) is 16.4. The van der Waals surface area contributed by atoms with Crippen molar-refractivity contribution < 1.29 is 0 Å². The van der Waals surface area contributed by atoms with E-state index in [4.69, 9.17) is 0 Å². The lowest BCUT2D eigenvalue weighted by atomic mass is 9.70. The second-order valence-electron chi connectivity index (χ2n) is 8.46. The highest BCUT2D eigenvalue weighted by Crippen LogP contribution is 2.55. The van der Waals surface area contributed by atoms with E-state index in [1.807, 2.05) is 0 Å². The minimum atomic E-state index is 0.500. The molecule has 0 heteroatoms. The first-order valence-electron chi connectivity index (χ1n) is 10.8. The molecule has 2 aliphatic carbocycles. The molecular formula is C28H28. The monoisotopic (exact) mass is 364 g/mol. The zero-order chi connectivity index (χ0) is 18.8. The maximum atomic E-state index is 2.66. The number of hydrogen-bond donors (Lipinski definition) is 0. The summed E-state index contributed by atoms with van der Waals surface area (Å²) in [5, 5.41) is 0. The summed E-state index contributed by atoms with van der Waals surface area (Å²) in [7, 11) is 0. The fraction of sp³-hybridized carbons (Fsp3) is 0.286. The van der Waals surface area contributed by atoms with Crippen LogP contribution in [-0.4, -0.2) is 0 Å². The van der Waals surface area contributed by atoms with Gasteiger partial charge in [0, 0.05) is 11.8 Å². The Hall–Kier alpha value is -2.60. The molecule has 5 rings (SSSR count). The molecule has 0 aromatic heterocycles. The van der Waals surface area contributed by atoms with Crippen LogP contribution in [0.15, 0.2) is 103 Å². The van der Waals surface area contributed by atoms with Gasteiger partial charge in [0.05, 0.1) is 0 Å². The third-order valence-corrected chi connectivity index (χ3v) is 6.85. The molecule has 0 aliphatic heterocycles. The molecule has 0 N–H and O–H groups in total. The quantitative estimate of drug-likeness (QED) is 0.431. The van der Waals surface area contributed by atoms with Gasteiger partial charge in [-0.15, -0.1) is 0 Å². The van der Waals surface area contributed by atoms with Crippen LogP contribution >= 0.6 is 0 Å². The molecule has 0 bridgehead atoms. The van der Waals surface area contributed by atoms with E-state index in [0.717, 1.165) is 0 Å². The van der Waals surface area contributed by atoms with Crippen LogP contribution in [0.4, 0.5) is 0 Å². The van der Waals surface area contributed by atoms with Crippen molar-refractivity contribution >= 4 is 0 Å². The standard InChI is InChI=1S/C28H28/c1-4-11-21(12-5-1)19-24-17-10-18-25-26(24)20-27(22-13-6-2-7-14-22)28(25)23-15-8-3-9-16-23/h1-9,11-16,20,24-25,27-28H,10,17-19H2. The lowest BCUT2D eigenvalue weighted by Crippen LogP contribution is -2.23. The third kappa shape index (κ3) is 3.33. The largest absolute Gasteiger partial charge is 0.0766 e. The molecule has 28 heavy (non-hydrogen) atoms. The number of benzene rings is 3. The Morgan fingerprint density at radius 1 is 0.643 bits per heavy atom. The van der Waals surface area contributed by atoms with Gasteiger partial charge in [-0.05, 0) is 47.8 Å². The second-order valence-corrected chi connectivity index (χ2v) is 8.46. The van der Waals surface area contributed by atoms with E-state index in [0.29, 0.717) is 23.7 Å². The van der Waals surface area contributed by atoms with Gasteiger partial charge in [-0.1, -0.05) is 109 Å². The summed E-state index contributed by atoms with van der Waals surface area (Å²) < 4.78 is 0. The predicted molar refractivity (Wildman–Crippen MR) is 117 cm³/mol. The maximum absolute atomic E-state index is 2.66. The smallest absolute Gasteiger partial charge is 0.00953 e. The molecule has 3 aromatic rings. The van der Waals surface area contributed by atoms with Gasteiger partial charge in [-0.2, -0.15) is 0 Å². The van der Waals surface area contributed by atoms with Crippen LogP contribution in [0, 0.1) is 11.8 Å². The minimum Gasteiger partial charge on any atom is -0.0766 e. The van der Waals surface area contributed by atoms with Crippen molar-refractivity contribution in [3.63, 3.8) is 0 Å². The lowest BCUT2D eigenvalue weighted by Gasteiger charge is -2.34. The molecule has 0 radical (unpaired) electrons. The van der Waals surface area contributed by atoms with Crippen molar-refractivity contribution in [3.05, 3.63) is 119 Å². The molecule has 2 aliphatic rings. The molecule has 0 amide bonds. The fourth-order valence-corrected chi connectivity index (χ4v) is 5.64. The Morgan fingerprint density at radius 2 is 1.25 bits per heavy atom. The summed E-state index contributed by atoms with van der Waals surface area (Å²) in [6.45, 7) is 0. The number of fused-ring (bicyclic) bond motifs is 1. The maximum Gasteiger partial charge on any atom is 0.00953 e. The second kappa shape index (κ2) is 7.80. The van der Waals surface area contributed by atoms with Crippen LogP contribution in [0.5, 0.6) is 0 Å². The van der Waals surface area contributed by atoms with Gasteiger partial charge in [0.15, 0.2) is 0 Å². The van der Waals surface area contributed by atoms with E-state index in [2.05, 4.69) is 97.1 Å². The molecule has 0 saturated heterocycles. The summed E-state index contributed by atoms with van der Waals surface area (Å²) in [4.78, 5) is 0. The van der Waals surface area contributed by atoms with Crippen LogP contribution in [0.3, 0.4) is 0 Å². The Balaban J connectivity index is 1.53. The molecule has 1 saturated carbocycles. The van der Waals surface area contributed by atoms with E-state index in [1.54, 1.807) is 5.57 Å². The van der Waals surface area contributed by atoms with Crippen molar-refractivity contribution in [1.82, 2.24) is 0 Å². The Labute approximate surface area is 168 Å². The zero-order valence-electron chi connectivity index (χ0n) is 16.4. The molecule has 3 aromatic carbocycles. The van der Waals surface area contributed by atoms with E-state index in [-0.39, 0.29) is 0 Å². The molecule has 4 unspecified atom stereocenters. The van der Waals surface area contributed by atoms with Crippen molar-refractivity contribution in [3.8, 4) is 0 Å². The molecule has 4 atom stereocenters. The molecule has 1 fully saturated rings. The van der Waals surface area contributed by atoms with Gasteiger partial charge in [-0.25, -0.2) is 0 Å². The first-order chi connectivity index (χ1) is 13.9. The Kier molecular flexibility index (Phi) is 4.87. The van der Waals surface area contributed by atoms with Crippen LogP contribution in [0.1, 0.15) is 47.8 Å². The molecule has 0 nitrogen and oxygen atoms in total. The van der Waals surface area contributed by atoms with E-state index < -0.39 is 0 Å². The topological polar surface area (TPSA) is 0 Å². The van der Waals surface area contributed by atoms with Crippen LogP contribution in [0.2, 0.25) is 0 Å². The number of rotatable bonds is 4. The molecule has 0 spiro atoms. The highest BCUT2D eigenvalue weighted by atomic mass is 14.5. The SMILES string of the molecule is C1=C2C(Cc3ccccc3)CCCC2C(c2ccccc2)C1c1ccccc1. The first kappa shape index (κ1) is 17.5. The Morgan fingerprint density at radius 3 is 1.93 bits per heavy atom. The third-order valence-electron chi connectivity index (χ3n) is 6.85. The molecule has 140 valence electrons. The van der Waals surface area contributed by atoms with Crippen LogP contribution < -0.4 is 0 Å². The van der Waals surface area contributed by atoms with E-state index >= 15 is 0 Å². The van der Waals surface area contributed by atoms with Crippen molar-refractivity contribution in [2.75, 3.05) is 0 Å². The summed E-state index contributed by atoms with van der Waals surface area (Å²) in [5.74, 6) is 2.47. The van der Waals surface area contributed by atoms with Crippen molar-refractivity contribution in [2.45, 2.75) is 37.5 Å². The lowest BCUT2D eigenvalue weighted by molar-refractivity contribution is 0.338. The first-order valence-corrected chi connectivity index (χ1v) is 10.8. The van der Waals surface area contributed by atoms with Gasteiger partial charge in [-0.3, -0.25) is 0 Å². The van der Waals surface area contributed by atoms with E-state index in [9.17, 15) is 0 Å². The summed E-state index contributed by atoms with van der Waals surface area (Å²) in [6.07, 6.45) is 7.86. The van der Waals surface area contributed by atoms with E-state index in [1.165, 1.54) is 42.4 Å². The minimum absolute atomic E-state index is 0.500. The van der Waals surface area contributed by atoms with Crippen LogP contribution in [0.25, 0.3) is 0 Å². The van der Waals surface area contributed by atoms with Gasteiger partial charge in [0.1, 0.15) is 0 Å². The van der Waals surface area contributed by atoms with Crippen molar-refractivity contribution in [1.29, 1.82) is 0 Å². The highest BCUT2D eigenvalue weighted by Gasteiger charge is 2.42. The average molecular weight is 365 g/mol. The summed E-state index contributed by atoms with van der Waals surface area (Å²) in [6, 6.07) is 33.5. The highest BCUT2D eigenvalue weighted by molar-refractivity contribution is 5.42. The van der Waals surface area contributed by atoms with Gasteiger partial charge in [0.2, 0.25) is 0 Å². The molecule has 0 heterocycles. The van der Waals surface area contributed by atoms with Crippen molar-refractivity contribution in [2.24, 2.45) is 11.8 Å². The number of allylic oxidation sites excluding steroid dienone is 2. The summed E-state index contributed by atoms with van der Waals surface area (Å²) in [5.41, 5.74) is 6.19. The van der Waals surface area contributed by atoms with Gasteiger partial charge < -0.3 is 0 Å². The normalized spacial score (nSPS) is 26.5. The van der Waals surface area contributed by atoms with Gasteiger partial charge in [0.25, 0.3) is 0 Å². The number of hydrogen-bond acceptors (Lipinski definition) is 0. The summed E-state index contributed by atoms with van der Waals surface area (Å²) >= 11 is 0. The fourth-order valence-electron chi connectivity index (χ4n) is 5.64.